The third-order valence-electron chi connectivity index (χ3n) is 1.36. The summed E-state index contributed by atoms with van der Waals surface area (Å²) in [5.41, 5.74) is 1.32. The van der Waals surface area contributed by atoms with Crippen molar-refractivity contribution in [3.8, 4) is 0 Å². The lowest BCUT2D eigenvalue weighted by molar-refractivity contribution is 0.491. The van der Waals surface area contributed by atoms with Gasteiger partial charge in [-0.05, 0) is 18.4 Å². The van der Waals surface area contributed by atoms with E-state index in [0.29, 0.717) is 0 Å². The van der Waals surface area contributed by atoms with Gasteiger partial charge in [-0.2, -0.15) is 0 Å². The molecule has 0 aromatic heterocycles. The van der Waals surface area contributed by atoms with Crippen LogP contribution in [0.5, 0.6) is 0 Å². The highest BCUT2D eigenvalue weighted by Crippen LogP contribution is 1.99. The molecule has 1 aliphatic heterocycles. The predicted molar refractivity (Wildman–Crippen MR) is 38.9 cm³/mol. The predicted octanol–water partition coefficient (Wildman–Crippen LogP) is 0.549. The molecule has 0 atom stereocenters. The number of dihydropyridines is 1. The van der Waals surface area contributed by atoms with Gasteiger partial charge in [0.2, 0.25) is 0 Å². The summed E-state index contributed by atoms with van der Waals surface area (Å²) in [6.45, 7) is 0.948. The van der Waals surface area contributed by atoms with Gasteiger partial charge in [0.05, 0.1) is 6.54 Å². The SMILES string of the molecule is CN(C)C1=CC=CNC1. The van der Waals surface area contributed by atoms with E-state index in [1.54, 1.807) is 0 Å². The Kier molecular flexibility index (Phi) is 1.78. The Bertz CT molecular complexity index is 145. The maximum atomic E-state index is 3.13. The average Bonchev–Trinajstić information content (AvgIpc) is 1.90. The van der Waals surface area contributed by atoms with Gasteiger partial charge < -0.3 is 10.2 Å². The fraction of sp³-hybridized carbons (Fsp3) is 0.429. The maximum Gasteiger partial charge on any atom is 0.0544 e. The van der Waals surface area contributed by atoms with Gasteiger partial charge in [-0.15, -0.1) is 0 Å². The number of nitrogens with zero attached hydrogens (tertiary/aromatic N) is 1. The summed E-state index contributed by atoms with van der Waals surface area (Å²) < 4.78 is 0. The van der Waals surface area contributed by atoms with Crippen molar-refractivity contribution in [2.75, 3.05) is 20.6 Å². The number of likely N-dealkylation sites (N-methyl/N-ethyl adjacent to an activating group) is 1. The quantitative estimate of drug-likeness (QED) is 0.549. The smallest absolute Gasteiger partial charge is 0.0544 e. The number of hydrogen-bond donors (Lipinski definition) is 1. The molecule has 1 heterocycles. The largest absolute Gasteiger partial charge is 0.385 e. The first kappa shape index (κ1) is 6.20. The van der Waals surface area contributed by atoms with Crippen molar-refractivity contribution >= 4 is 0 Å². The Morgan fingerprint density at radius 2 is 2.33 bits per heavy atom. The molecule has 0 aromatic rings. The molecule has 50 valence electrons. The molecule has 1 aliphatic rings. The monoisotopic (exact) mass is 124 g/mol. The van der Waals surface area contributed by atoms with Crippen molar-refractivity contribution < 1.29 is 0 Å². The summed E-state index contributed by atoms with van der Waals surface area (Å²) in [7, 11) is 4.10. The summed E-state index contributed by atoms with van der Waals surface area (Å²) in [4.78, 5) is 2.11. The Morgan fingerprint density at radius 1 is 1.56 bits per heavy atom. The molecule has 0 fully saturated rings. The van der Waals surface area contributed by atoms with Crippen LogP contribution in [0.1, 0.15) is 0 Å². The third kappa shape index (κ3) is 1.49. The summed E-state index contributed by atoms with van der Waals surface area (Å²) in [6, 6.07) is 0. The van der Waals surface area contributed by atoms with Crippen LogP contribution in [-0.2, 0) is 0 Å². The molecular formula is C7H12N2. The minimum atomic E-state index is 0.948. The lowest BCUT2D eigenvalue weighted by atomic mass is 10.3. The van der Waals surface area contributed by atoms with Crippen LogP contribution in [0.15, 0.2) is 24.0 Å². The molecule has 0 unspecified atom stereocenters. The van der Waals surface area contributed by atoms with E-state index in [2.05, 4.69) is 16.3 Å². The standard InChI is InChI=1S/C7H12N2/c1-9(2)7-4-3-5-8-6-7/h3-5,8H,6H2,1-2H3. The number of hydrogen-bond acceptors (Lipinski definition) is 2. The normalized spacial score (nSPS) is 16.4. The van der Waals surface area contributed by atoms with Gasteiger partial charge in [-0.25, -0.2) is 0 Å². The molecule has 0 aromatic carbocycles. The van der Waals surface area contributed by atoms with Crippen LogP contribution < -0.4 is 5.32 Å². The van der Waals surface area contributed by atoms with E-state index in [-0.39, 0.29) is 0 Å². The lowest BCUT2D eigenvalue weighted by Gasteiger charge is -2.18. The first-order chi connectivity index (χ1) is 4.30. The molecule has 1 rings (SSSR count). The Balaban J connectivity index is 2.57. The first-order valence-electron chi connectivity index (χ1n) is 3.07. The van der Waals surface area contributed by atoms with Gasteiger partial charge in [0, 0.05) is 19.8 Å². The van der Waals surface area contributed by atoms with E-state index >= 15 is 0 Å². The third-order valence-corrected chi connectivity index (χ3v) is 1.36. The number of rotatable bonds is 1. The zero-order valence-corrected chi connectivity index (χ0v) is 5.89. The van der Waals surface area contributed by atoms with Crippen LogP contribution in [-0.4, -0.2) is 25.5 Å². The van der Waals surface area contributed by atoms with E-state index in [4.69, 9.17) is 0 Å². The highest BCUT2D eigenvalue weighted by molar-refractivity contribution is 5.16. The van der Waals surface area contributed by atoms with Crippen molar-refractivity contribution in [3.63, 3.8) is 0 Å². The van der Waals surface area contributed by atoms with Crippen molar-refractivity contribution in [3.05, 3.63) is 24.0 Å². The molecule has 0 radical (unpaired) electrons. The fourth-order valence-electron chi connectivity index (χ4n) is 0.757. The molecular weight excluding hydrogens is 112 g/mol. The lowest BCUT2D eigenvalue weighted by Crippen LogP contribution is -2.23. The topological polar surface area (TPSA) is 15.3 Å². The number of nitrogens with one attached hydrogen (secondary N) is 1. The molecule has 9 heavy (non-hydrogen) atoms. The molecule has 0 bridgehead atoms. The Hall–Kier alpha value is -0.920. The van der Waals surface area contributed by atoms with Crippen molar-refractivity contribution in [1.29, 1.82) is 0 Å². The zero-order valence-electron chi connectivity index (χ0n) is 5.89. The average molecular weight is 124 g/mol. The first-order valence-corrected chi connectivity index (χ1v) is 3.07. The van der Waals surface area contributed by atoms with Crippen LogP contribution in [0.4, 0.5) is 0 Å². The molecule has 0 amide bonds. The summed E-state index contributed by atoms with van der Waals surface area (Å²) in [5.74, 6) is 0. The molecule has 0 aliphatic carbocycles. The summed E-state index contributed by atoms with van der Waals surface area (Å²) in [5, 5.41) is 3.13. The zero-order chi connectivity index (χ0) is 6.69. The van der Waals surface area contributed by atoms with E-state index in [1.807, 2.05) is 26.4 Å². The van der Waals surface area contributed by atoms with Crippen molar-refractivity contribution in [2.24, 2.45) is 0 Å². The van der Waals surface area contributed by atoms with Gasteiger partial charge in [0.15, 0.2) is 0 Å². The summed E-state index contributed by atoms with van der Waals surface area (Å²) in [6.07, 6.45) is 6.07. The fourth-order valence-corrected chi connectivity index (χ4v) is 0.757. The Morgan fingerprint density at radius 3 is 2.67 bits per heavy atom. The maximum absolute atomic E-state index is 3.13. The molecule has 0 spiro atoms. The highest BCUT2D eigenvalue weighted by Gasteiger charge is 1.97. The second-order valence-corrected chi connectivity index (χ2v) is 2.29. The second kappa shape index (κ2) is 2.58. The van der Waals surface area contributed by atoms with Crippen LogP contribution in [0.25, 0.3) is 0 Å². The Labute approximate surface area is 55.9 Å². The van der Waals surface area contributed by atoms with E-state index < -0.39 is 0 Å². The minimum Gasteiger partial charge on any atom is -0.385 e. The van der Waals surface area contributed by atoms with Gasteiger partial charge >= 0.3 is 0 Å². The van der Waals surface area contributed by atoms with Gasteiger partial charge in [0.1, 0.15) is 0 Å². The van der Waals surface area contributed by atoms with E-state index in [1.165, 1.54) is 5.70 Å². The van der Waals surface area contributed by atoms with Crippen LogP contribution in [0, 0.1) is 0 Å². The van der Waals surface area contributed by atoms with Gasteiger partial charge in [0.25, 0.3) is 0 Å². The number of allylic oxidation sites excluding steroid dienone is 2. The molecule has 0 saturated carbocycles. The van der Waals surface area contributed by atoms with Gasteiger partial charge in [-0.1, -0.05) is 0 Å². The molecule has 0 saturated heterocycles. The van der Waals surface area contributed by atoms with Crippen LogP contribution in [0.3, 0.4) is 0 Å². The van der Waals surface area contributed by atoms with Crippen molar-refractivity contribution in [1.82, 2.24) is 10.2 Å². The summed E-state index contributed by atoms with van der Waals surface area (Å²) >= 11 is 0. The van der Waals surface area contributed by atoms with Gasteiger partial charge in [-0.3, -0.25) is 0 Å². The minimum absolute atomic E-state index is 0.948. The second-order valence-electron chi connectivity index (χ2n) is 2.29. The van der Waals surface area contributed by atoms with E-state index in [0.717, 1.165) is 6.54 Å². The molecule has 1 N–H and O–H groups in total. The molecule has 2 nitrogen and oxygen atoms in total. The van der Waals surface area contributed by atoms with E-state index in [9.17, 15) is 0 Å². The van der Waals surface area contributed by atoms with Crippen molar-refractivity contribution in [2.45, 2.75) is 0 Å². The molecule has 2 heteroatoms. The van der Waals surface area contributed by atoms with Crippen LogP contribution in [0.2, 0.25) is 0 Å². The van der Waals surface area contributed by atoms with Crippen LogP contribution >= 0.6 is 0 Å². The highest BCUT2D eigenvalue weighted by atomic mass is 15.1.